The molecule has 0 saturated carbocycles. The van der Waals surface area contributed by atoms with Gasteiger partial charge in [-0.2, -0.15) is 0 Å². The third-order valence-corrected chi connectivity index (χ3v) is 4.45. The highest BCUT2D eigenvalue weighted by Crippen LogP contribution is 2.42. The number of nitrogens with one attached hydrogen (secondary N) is 1. The van der Waals surface area contributed by atoms with Gasteiger partial charge in [0.1, 0.15) is 17.7 Å². The Labute approximate surface area is 136 Å². The van der Waals surface area contributed by atoms with Crippen LogP contribution < -0.4 is 10.1 Å². The minimum atomic E-state index is -0.316. The molecule has 21 heavy (non-hydrogen) atoms. The molecular weight excluding hydrogens is 357 g/mol. The van der Waals surface area contributed by atoms with Gasteiger partial charge in [-0.15, -0.1) is 0 Å². The first-order valence-electron chi connectivity index (χ1n) is 6.67. The standard InChI is InChI=1S/C16H14BrClFNO/c1-20-14-8-16(11-4-2-9(17)6-13(11)19)21-15-5-3-10(18)7-12(14)15/h2-7,14,16,20H,8H2,1H3. The maximum absolute atomic E-state index is 14.2. The topological polar surface area (TPSA) is 21.3 Å². The van der Waals surface area contributed by atoms with Crippen molar-refractivity contribution >= 4 is 27.5 Å². The molecule has 0 spiro atoms. The molecule has 2 nitrogen and oxygen atoms in total. The lowest BCUT2D eigenvalue weighted by molar-refractivity contribution is 0.150. The minimum Gasteiger partial charge on any atom is -0.485 e. The summed E-state index contributed by atoms with van der Waals surface area (Å²) in [4.78, 5) is 0. The van der Waals surface area contributed by atoms with Gasteiger partial charge in [-0.3, -0.25) is 0 Å². The van der Waals surface area contributed by atoms with Crippen LogP contribution in [0.15, 0.2) is 40.9 Å². The van der Waals surface area contributed by atoms with Crippen LogP contribution in [0.2, 0.25) is 5.02 Å². The fraction of sp³-hybridized carbons (Fsp3) is 0.250. The third-order valence-electron chi connectivity index (χ3n) is 3.72. The summed E-state index contributed by atoms with van der Waals surface area (Å²) in [5, 5.41) is 3.92. The second-order valence-corrected chi connectivity index (χ2v) is 6.38. The van der Waals surface area contributed by atoms with E-state index in [0.29, 0.717) is 17.0 Å². The molecule has 2 atom stereocenters. The Bertz CT molecular complexity index is 679. The zero-order valence-electron chi connectivity index (χ0n) is 11.4. The van der Waals surface area contributed by atoms with E-state index in [1.807, 2.05) is 25.2 Å². The molecule has 0 radical (unpaired) electrons. The quantitative estimate of drug-likeness (QED) is 0.801. The molecule has 0 aliphatic carbocycles. The van der Waals surface area contributed by atoms with Crippen LogP contribution in [0.5, 0.6) is 5.75 Å². The number of ether oxygens (including phenoxy) is 1. The van der Waals surface area contributed by atoms with Gasteiger partial charge in [0.2, 0.25) is 0 Å². The van der Waals surface area contributed by atoms with Crippen LogP contribution >= 0.6 is 27.5 Å². The number of hydrogen-bond donors (Lipinski definition) is 1. The van der Waals surface area contributed by atoms with Gasteiger partial charge in [0.25, 0.3) is 0 Å². The van der Waals surface area contributed by atoms with Gasteiger partial charge in [-0.1, -0.05) is 33.6 Å². The molecule has 2 aromatic carbocycles. The zero-order valence-corrected chi connectivity index (χ0v) is 13.7. The normalized spacial score (nSPS) is 20.8. The molecule has 2 unspecified atom stereocenters. The zero-order chi connectivity index (χ0) is 15.0. The van der Waals surface area contributed by atoms with Crippen LogP contribution in [0.1, 0.15) is 29.7 Å². The molecule has 1 heterocycles. The van der Waals surface area contributed by atoms with E-state index >= 15 is 0 Å². The third kappa shape index (κ3) is 2.93. The Morgan fingerprint density at radius 1 is 1.24 bits per heavy atom. The van der Waals surface area contributed by atoms with Gasteiger partial charge >= 0.3 is 0 Å². The monoisotopic (exact) mass is 369 g/mol. The van der Waals surface area contributed by atoms with E-state index in [4.69, 9.17) is 16.3 Å². The van der Waals surface area contributed by atoms with Gasteiger partial charge in [-0.25, -0.2) is 4.39 Å². The number of rotatable bonds is 2. The lowest BCUT2D eigenvalue weighted by Crippen LogP contribution is -2.27. The molecule has 2 aromatic rings. The van der Waals surface area contributed by atoms with E-state index in [2.05, 4.69) is 21.2 Å². The van der Waals surface area contributed by atoms with E-state index in [9.17, 15) is 4.39 Å². The minimum absolute atomic E-state index is 0.0838. The summed E-state index contributed by atoms with van der Waals surface area (Å²) in [5.74, 6) is 0.485. The summed E-state index contributed by atoms with van der Waals surface area (Å²) in [6.45, 7) is 0. The molecule has 0 fully saturated rings. The summed E-state index contributed by atoms with van der Waals surface area (Å²) in [5.41, 5.74) is 1.58. The molecule has 1 aliphatic heterocycles. The van der Waals surface area contributed by atoms with Crippen molar-refractivity contribution in [2.24, 2.45) is 0 Å². The van der Waals surface area contributed by atoms with Crippen molar-refractivity contribution in [1.29, 1.82) is 0 Å². The van der Waals surface area contributed by atoms with Crippen molar-refractivity contribution in [3.63, 3.8) is 0 Å². The van der Waals surface area contributed by atoms with E-state index in [1.54, 1.807) is 12.1 Å². The molecule has 0 saturated heterocycles. The van der Waals surface area contributed by atoms with Crippen LogP contribution in [-0.2, 0) is 0 Å². The molecule has 5 heteroatoms. The van der Waals surface area contributed by atoms with Crippen molar-refractivity contribution in [2.75, 3.05) is 7.05 Å². The van der Waals surface area contributed by atoms with Crippen molar-refractivity contribution < 1.29 is 9.13 Å². The molecule has 0 bridgehead atoms. The van der Waals surface area contributed by atoms with Crippen molar-refractivity contribution in [2.45, 2.75) is 18.6 Å². The predicted octanol–water partition coefficient (Wildman–Crippen LogP) is 5.03. The van der Waals surface area contributed by atoms with Crippen molar-refractivity contribution in [1.82, 2.24) is 5.32 Å². The van der Waals surface area contributed by atoms with Crippen LogP contribution in [0.4, 0.5) is 4.39 Å². The first-order chi connectivity index (χ1) is 10.1. The molecule has 110 valence electrons. The summed E-state index contributed by atoms with van der Waals surface area (Å²) in [6.07, 6.45) is 0.340. The second-order valence-electron chi connectivity index (χ2n) is 5.03. The van der Waals surface area contributed by atoms with Crippen molar-refractivity contribution in [3.05, 3.63) is 62.8 Å². The predicted molar refractivity (Wildman–Crippen MR) is 85.3 cm³/mol. The highest BCUT2D eigenvalue weighted by molar-refractivity contribution is 9.10. The van der Waals surface area contributed by atoms with E-state index in [0.717, 1.165) is 15.8 Å². The molecule has 3 rings (SSSR count). The van der Waals surface area contributed by atoms with Crippen LogP contribution in [-0.4, -0.2) is 7.05 Å². The summed E-state index contributed by atoms with van der Waals surface area (Å²) in [7, 11) is 1.88. The maximum Gasteiger partial charge on any atom is 0.131 e. The second kappa shape index (κ2) is 5.95. The van der Waals surface area contributed by atoms with E-state index in [-0.39, 0.29) is 18.0 Å². The highest BCUT2D eigenvalue weighted by Gasteiger charge is 2.30. The summed E-state index contributed by atoms with van der Waals surface area (Å²) in [6, 6.07) is 10.7. The fourth-order valence-electron chi connectivity index (χ4n) is 2.67. The van der Waals surface area contributed by atoms with Gasteiger partial charge < -0.3 is 10.1 Å². The highest BCUT2D eigenvalue weighted by atomic mass is 79.9. The average molecular weight is 371 g/mol. The molecule has 1 N–H and O–H groups in total. The van der Waals surface area contributed by atoms with Crippen LogP contribution in [0.3, 0.4) is 0 Å². The number of hydrogen-bond acceptors (Lipinski definition) is 2. The molecule has 0 aromatic heterocycles. The average Bonchev–Trinajstić information content (AvgIpc) is 2.46. The smallest absolute Gasteiger partial charge is 0.131 e. The molecule has 0 amide bonds. The van der Waals surface area contributed by atoms with Gasteiger partial charge in [-0.05, 0) is 37.4 Å². The lowest BCUT2D eigenvalue weighted by Gasteiger charge is -2.32. The maximum atomic E-state index is 14.2. The fourth-order valence-corrected chi connectivity index (χ4v) is 3.18. The van der Waals surface area contributed by atoms with Gasteiger partial charge in [0.15, 0.2) is 0 Å². The Kier molecular flexibility index (Phi) is 4.20. The Morgan fingerprint density at radius 2 is 2.05 bits per heavy atom. The lowest BCUT2D eigenvalue weighted by atomic mass is 9.93. The van der Waals surface area contributed by atoms with E-state index in [1.165, 1.54) is 6.07 Å². The van der Waals surface area contributed by atoms with Crippen LogP contribution in [0, 0.1) is 5.82 Å². The Morgan fingerprint density at radius 3 is 2.76 bits per heavy atom. The molecular formula is C16H14BrClFNO. The first kappa shape index (κ1) is 14.8. The number of halogens is 3. The summed E-state index contributed by atoms with van der Waals surface area (Å²) < 4.78 is 20.8. The largest absolute Gasteiger partial charge is 0.485 e. The van der Waals surface area contributed by atoms with E-state index < -0.39 is 0 Å². The van der Waals surface area contributed by atoms with Gasteiger partial charge in [0.05, 0.1) is 0 Å². The summed E-state index contributed by atoms with van der Waals surface area (Å²) >= 11 is 9.32. The number of fused-ring (bicyclic) bond motifs is 1. The Balaban J connectivity index is 1.98. The van der Waals surface area contributed by atoms with Crippen LogP contribution in [0.25, 0.3) is 0 Å². The molecule has 1 aliphatic rings. The SMILES string of the molecule is CNC1CC(c2ccc(Br)cc2F)Oc2ccc(Cl)cc21. The first-order valence-corrected chi connectivity index (χ1v) is 7.84. The van der Waals surface area contributed by atoms with Gasteiger partial charge in [0, 0.05) is 33.1 Å². The Hall–Kier alpha value is -1.10. The van der Waals surface area contributed by atoms with Crippen molar-refractivity contribution in [3.8, 4) is 5.75 Å². The number of benzene rings is 2.